The maximum Gasteiger partial charge on any atom is 0.372 e. The van der Waals surface area contributed by atoms with E-state index in [0.29, 0.717) is 12.4 Å². The summed E-state index contributed by atoms with van der Waals surface area (Å²) in [4.78, 5) is 20.6. The van der Waals surface area contributed by atoms with Gasteiger partial charge in [0.1, 0.15) is 6.33 Å². The van der Waals surface area contributed by atoms with E-state index >= 15 is 0 Å². The van der Waals surface area contributed by atoms with Crippen molar-refractivity contribution in [2.45, 2.75) is 19.4 Å². The van der Waals surface area contributed by atoms with Crippen LogP contribution in [-0.4, -0.2) is 47.7 Å². The normalized spacial score (nSPS) is 18.3. The molecule has 0 saturated carbocycles. The first-order valence-electron chi connectivity index (χ1n) is 6.19. The number of hydrogen-bond donors (Lipinski definition) is 1. The molecule has 1 aliphatic heterocycles. The second-order valence-electron chi connectivity index (χ2n) is 4.24. The Kier molecular flexibility index (Phi) is 4.10. The molecule has 1 unspecified atom stereocenters. The Morgan fingerprint density at radius 3 is 2.95 bits per heavy atom. The number of methoxy groups -OCH3 is 1. The Bertz CT molecular complexity index is 462. The topological polar surface area (TPSA) is 93.4 Å². The van der Waals surface area contributed by atoms with Gasteiger partial charge in [0.2, 0.25) is 5.82 Å². The molecule has 0 spiro atoms. The highest BCUT2D eigenvalue weighted by molar-refractivity contribution is 5.63. The van der Waals surface area contributed by atoms with Crippen LogP contribution >= 0.6 is 0 Å². The fourth-order valence-corrected chi connectivity index (χ4v) is 2.36. The van der Waals surface area contributed by atoms with Crippen molar-refractivity contribution < 1.29 is 9.66 Å². The molecule has 1 fully saturated rings. The Morgan fingerprint density at radius 1 is 1.63 bits per heavy atom. The zero-order chi connectivity index (χ0) is 13.8. The lowest BCUT2D eigenvalue weighted by atomic mass is 10.2. The van der Waals surface area contributed by atoms with Crippen LogP contribution in [-0.2, 0) is 0 Å². The lowest BCUT2D eigenvalue weighted by Gasteiger charge is -2.27. The van der Waals surface area contributed by atoms with Crippen LogP contribution in [0.2, 0.25) is 0 Å². The summed E-state index contributed by atoms with van der Waals surface area (Å²) in [6.45, 7) is 4.32. The highest BCUT2D eigenvalue weighted by Gasteiger charge is 2.31. The fraction of sp³-hybridized carbons (Fsp3) is 0.636. The minimum absolute atomic E-state index is 0.000550. The van der Waals surface area contributed by atoms with Crippen molar-refractivity contribution in [3.63, 3.8) is 0 Å². The smallest absolute Gasteiger partial charge is 0.372 e. The third-order valence-electron chi connectivity index (χ3n) is 3.23. The fourth-order valence-electron chi connectivity index (χ4n) is 2.36. The molecule has 8 nitrogen and oxygen atoms in total. The molecule has 0 bridgehead atoms. The van der Waals surface area contributed by atoms with Gasteiger partial charge in [-0.15, -0.1) is 0 Å². The first kappa shape index (κ1) is 13.5. The number of nitro groups is 1. The van der Waals surface area contributed by atoms with E-state index in [1.165, 1.54) is 13.4 Å². The standard InChI is InChI=1S/C11H17N5O3/c1-3-15(8-4-5-12-6-8)10-9(16(17)18)11(19-2)14-7-13-10/h7-8,12H,3-6H2,1-2H3. The third-order valence-corrected chi connectivity index (χ3v) is 3.23. The lowest BCUT2D eigenvalue weighted by molar-refractivity contribution is -0.385. The number of hydrogen-bond acceptors (Lipinski definition) is 7. The van der Waals surface area contributed by atoms with Gasteiger partial charge in [-0.05, 0) is 19.9 Å². The van der Waals surface area contributed by atoms with E-state index in [4.69, 9.17) is 4.74 Å². The zero-order valence-electron chi connectivity index (χ0n) is 11.0. The van der Waals surface area contributed by atoms with Crippen molar-refractivity contribution in [2.24, 2.45) is 0 Å². The van der Waals surface area contributed by atoms with Gasteiger partial charge in [-0.25, -0.2) is 4.98 Å². The van der Waals surface area contributed by atoms with Crippen molar-refractivity contribution >= 4 is 11.5 Å². The molecule has 19 heavy (non-hydrogen) atoms. The second kappa shape index (κ2) is 5.79. The van der Waals surface area contributed by atoms with Gasteiger partial charge in [-0.1, -0.05) is 0 Å². The number of ether oxygens (including phenoxy) is 1. The summed E-state index contributed by atoms with van der Waals surface area (Å²) in [5.74, 6) is 0.326. The van der Waals surface area contributed by atoms with Crippen LogP contribution in [0.15, 0.2) is 6.33 Å². The summed E-state index contributed by atoms with van der Waals surface area (Å²) in [5, 5.41) is 14.5. The minimum Gasteiger partial charge on any atom is -0.476 e. The number of aromatic nitrogens is 2. The number of nitrogens with one attached hydrogen (secondary N) is 1. The van der Waals surface area contributed by atoms with Crippen LogP contribution in [0.25, 0.3) is 0 Å². The molecule has 2 rings (SSSR count). The predicted molar refractivity (Wildman–Crippen MR) is 69.5 cm³/mol. The van der Waals surface area contributed by atoms with Gasteiger partial charge in [-0.3, -0.25) is 10.1 Å². The van der Waals surface area contributed by atoms with Crippen LogP contribution < -0.4 is 15.0 Å². The minimum atomic E-state index is -0.487. The molecule has 0 aromatic carbocycles. The van der Waals surface area contributed by atoms with Crippen LogP contribution in [0.1, 0.15) is 13.3 Å². The second-order valence-corrected chi connectivity index (χ2v) is 4.24. The molecule has 1 aliphatic rings. The van der Waals surface area contributed by atoms with E-state index in [9.17, 15) is 10.1 Å². The molecule has 1 atom stereocenters. The molecule has 1 aromatic heterocycles. The first-order valence-corrected chi connectivity index (χ1v) is 6.19. The average Bonchev–Trinajstić information content (AvgIpc) is 2.93. The summed E-state index contributed by atoms with van der Waals surface area (Å²) in [7, 11) is 1.37. The van der Waals surface area contributed by atoms with Crippen molar-refractivity contribution in [1.82, 2.24) is 15.3 Å². The molecule has 2 heterocycles. The zero-order valence-corrected chi connectivity index (χ0v) is 11.0. The van der Waals surface area contributed by atoms with Crippen LogP contribution in [0.4, 0.5) is 11.5 Å². The number of nitrogens with zero attached hydrogens (tertiary/aromatic N) is 4. The highest BCUT2D eigenvalue weighted by Crippen LogP contribution is 2.34. The monoisotopic (exact) mass is 267 g/mol. The summed E-state index contributed by atoms with van der Waals surface area (Å²) in [5.41, 5.74) is -0.168. The van der Waals surface area contributed by atoms with Crippen LogP contribution in [0, 0.1) is 10.1 Å². The average molecular weight is 267 g/mol. The quantitative estimate of drug-likeness (QED) is 0.616. The van der Waals surface area contributed by atoms with Gasteiger partial charge in [0.25, 0.3) is 5.88 Å². The predicted octanol–water partition coefficient (Wildman–Crippen LogP) is 0.582. The van der Waals surface area contributed by atoms with Crippen LogP contribution in [0.5, 0.6) is 5.88 Å². The largest absolute Gasteiger partial charge is 0.476 e. The van der Waals surface area contributed by atoms with Gasteiger partial charge in [-0.2, -0.15) is 4.98 Å². The molecule has 1 saturated heterocycles. The Balaban J connectivity index is 2.43. The van der Waals surface area contributed by atoms with E-state index in [-0.39, 0.29) is 17.6 Å². The molecular formula is C11H17N5O3. The first-order chi connectivity index (χ1) is 9.19. The maximum atomic E-state index is 11.2. The Hall–Kier alpha value is -1.96. The molecule has 0 radical (unpaired) electrons. The summed E-state index contributed by atoms with van der Waals surface area (Å²) >= 11 is 0. The molecule has 1 aromatic rings. The van der Waals surface area contributed by atoms with Crippen molar-refractivity contribution in [3.8, 4) is 5.88 Å². The number of anilines is 1. The molecular weight excluding hydrogens is 250 g/mol. The van der Waals surface area contributed by atoms with Gasteiger partial charge in [0, 0.05) is 19.1 Å². The van der Waals surface area contributed by atoms with E-state index in [0.717, 1.165) is 19.5 Å². The van der Waals surface area contributed by atoms with Crippen LogP contribution in [0.3, 0.4) is 0 Å². The molecule has 0 aliphatic carbocycles. The Morgan fingerprint density at radius 2 is 2.42 bits per heavy atom. The van der Waals surface area contributed by atoms with Crippen molar-refractivity contribution in [3.05, 3.63) is 16.4 Å². The van der Waals surface area contributed by atoms with Gasteiger partial charge < -0.3 is 15.0 Å². The highest BCUT2D eigenvalue weighted by atomic mass is 16.6. The molecule has 1 N–H and O–H groups in total. The van der Waals surface area contributed by atoms with Gasteiger partial charge in [0.15, 0.2) is 0 Å². The Labute approximate surface area is 110 Å². The lowest BCUT2D eigenvalue weighted by Crippen LogP contribution is -2.37. The molecule has 104 valence electrons. The SMILES string of the molecule is CCN(c1ncnc(OC)c1[N+](=O)[O-])C1CCNC1. The third kappa shape index (κ3) is 2.58. The van der Waals surface area contributed by atoms with Gasteiger partial charge >= 0.3 is 5.69 Å². The van der Waals surface area contributed by atoms with Crippen molar-refractivity contribution in [2.75, 3.05) is 31.6 Å². The summed E-state index contributed by atoms with van der Waals surface area (Å²) in [6, 6.07) is 0.211. The van der Waals surface area contributed by atoms with E-state index in [1.54, 1.807) is 0 Å². The number of rotatable bonds is 5. The molecule has 8 heteroatoms. The maximum absolute atomic E-state index is 11.2. The van der Waals surface area contributed by atoms with E-state index in [2.05, 4.69) is 15.3 Å². The van der Waals surface area contributed by atoms with E-state index in [1.807, 2.05) is 11.8 Å². The summed E-state index contributed by atoms with van der Waals surface area (Å²) in [6.07, 6.45) is 2.24. The van der Waals surface area contributed by atoms with Gasteiger partial charge in [0.05, 0.1) is 12.0 Å². The summed E-state index contributed by atoms with van der Waals surface area (Å²) < 4.78 is 4.97. The van der Waals surface area contributed by atoms with E-state index < -0.39 is 4.92 Å². The van der Waals surface area contributed by atoms with Crippen molar-refractivity contribution in [1.29, 1.82) is 0 Å². The number of likely N-dealkylation sites (N-methyl/N-ethyl adjacent to an activating group) is 1. The molecule has 0 amide bonds.